The Hall–Kier alpha value is -2.57. The van der Waals surface area contributed by atoms with E-state index in [1.54, 1.807) is 12.4 Å². The second-order valence-electron chi connectivity index (χ2n) is 3.90. The number of nitrogens with one attached hydrogen (secondary N) is 1. The fraction of sp³-hybridized carbons (Fsp3) is 0.154. The molecule has 0 saturated carbocycles. The molecule has 20 heavy (non-hydrogen) atoms. The van der Waals surface area contributed by atoms with Gasteiger partial charge in [0.25, 0.3) is 0 Å². The van der Waals surface area contributed by atoms with Crippen LogP contribution >= 0.6 is 0 Å². The molecule has 0 spiro atoms. The van der Waals surface area contributed by atoms with Crippen LogP contribution in [0.4, 0.5) is 14.5 Å². The number of benzene rings is 1. The Morgan fingerprint density at radius 1 is 1.25 bits per heavy atom. The third kappa shape index (κ3) is 3.05. The number of hydrogen-bond donors (Lipinski definition) is 1. The minimum atomic E-state index is -0.969. The monoisotopic (exact) mass is 279 g/mol. The Labute approximate surface area is 113 Å². The molecule has 1 heterocycles. The summed E-state index contributed by atoms with van der Waals surface area (Å²) in [5.41, 5.74) is 0.382. The number of hydrogen-bond acceptors (Lipinski definition) is 5. The molecule has 0 saturated heterocycles. The summed E-state index contributed by atoms with van der Waals surface area (Å²) in [7, 11) is 1.12. The van der Waals surface area contributed by atoms with Crippen LogP contribution < -0.4 is 5.32 Å². The van der Waals surface area contributed by atoms with E-state index in [9.17, 15) is 13.6 Å². The topological polar surface area (TPSA) is 64.1 Å². The summed E-state index contributed by atoms with van der Waals surface area (Å²) in [4.78, 5) is 19.0. The lowest BCUT2D eigenvalue weighted by atomic mass is 10.1. The third-order valence-corrected chi connectivity index (χ3v) is 2.56. The molecule has 0 aliphatic rings. The maximum Gasteiger partial charge on any atom is 0.340 e. The fourth-order valence-electron chi connectivity index (χ4n) is 1.57. The summed E-state index contributed by atoms with van der Waals surface area (Å²) in [5.74, 6) is -2.64. The number of aromatic nitrogens is 2. The van der Waals surface area contributed by atoms with Crippen molar-refractivity contribution in [1.29, 1.82) is 0 Å². The second-order valence-corrected chi connectivity index (χ2v) is 3.90. The van der Waals surface area contributed by atoms with E-state index in [4.69, 9.17) is 0 Å². The molecular weight excluding hydrogens is 268 g/mol. The Bertz CT molecular complexity index is 621. The second kappa shape index (κ2) is 6.05. The van der Waals surface area contributed by atoms with Crippen LogP contribution in [0.3, 0.4) is 0 Å². The van der Waals surface area contributed by atoms with Gasteiger partial charge < -0.3 is 10.1 Å². The molecule has 0 unspecified atom stereocenters. The number of halogens is 2. The van der Waals surface area contributed by atoms with E-state index >= 15 is 0 Å². The summed E-state index contributed by atoms with van der Waals surface area (Å²) >= 11 is 0. The first-order chi connectivity index (χ1) is 9.61. The maximum atomic E-state index is 13.6. The highest BCUT2D eigenvalue weighted by atomic mass is 19.1. The van der Waals surface area contributed by atoms with Crippen LogP contribution in [0, 0.1) is 11.6 Å². The summed E-state index contributed by atoms with van der Waals surface area (Å²) in [6.45, 7) is 0.240. The predicted molar refractivity (Wildman–Crippen MR) is 67.1 cm³/mol. The lowest BCUT2D eigenvalue weighted by Gasteiger charge is -2.09. The third-order valence-electron chi connectivity index (χ3n) is 2.56. The van der Waals surface area contributed by atoms with Gasteiger partial charge in [0, 0.05) is 30.6 Å². The van der Waals surface area contributed by atoms with Gasteiger partial charge in [-0.05, 0) is 6.07 Å². The molecule has 0 fully saturated rings. The molecule has 1 aromatic heterocycles. The number of rotatable bonds is 4. The van der Waals surface area contributed by atoms with Crippen LogP contribution in [-0.4, -0.2) is 23.0 Å². The molecule has 0 aliphatic heterocycles. The molecule has 5 nitrogen and oxygen atoms in total. The molecule has 2 aromatic rings. The maximum absolute atomic E-state index is 13.6. The molecule has 0 aliphatic carbocycles. The number of methoxy groups -OCH3 is 1. The van der Waals surface area contributed by atoms with Crippen LogP contribution in [0.5, 0.6) is 0 Å². The Morgan fingerprint density at radius 3 is 2.60 bits per heavy atom. The van der Waals surface area contributed by atoms with Crippen LogP contribution in [0.2, 0.25) is 0 Å². The first-order valence-corrected chi connectivity index (χ1v) is 5.67. The number of carbonyl (C=O) groups excluding carboxylic acids is 1. The molecule has 0 atom stereocenters. The first kappa shape index (κ1) is 13.9. The molecule has 2 rings (SSSR count). The highest BCUT2D eigenvalue weighted by molar-refractivity contribution is 5.90. The fourth-order valence-corrected chi connectivity index (χ4v) is 1.57. The van der Waals surface area contributed by atoms with Crippen molar-refractivity contribution >= 4 is 11.7 Å². The van der Waals surface area contributed by atoms with Gasteiger partial charge in [-0.15, -0.1) is 0 Å². The van der Waals surface area contributed by atoms with Gasteiger partial charge in [0.15, 0.2) is 0 Å². The van der Waals surface area contributed by atoms with Gasteiger partial charge in [0.2, 0.25) is 0 Å². The number of ether oxygens (including phenoxy) is 1. The van der Waals surface area contributed by atoms with Crippen molar-refractivity contribution in [2.75, 3.05) is 12.4 Å². The van der Waals surface area contributed by atoms with Crippen molar-refractivity contribution < 1.29 is 18.3 Å². The number of esters is 1. The lowest BCUT2D eigenvalue weighted by Crippen LogP contribution is -2.08. The number of anilines is 1. The zero-order valence-corrected chi connectivity index (χ0v) is 10.6. The molecular formula is C13H11F2N3O2. The number of nitrogens with zero attached hydrogens (tertiary/aromatic N) is 2. The van der Waals surface area contributed by atoms with Crippen LogP contribution in [-0.2, 0) is 11.3 Å². The molecule has 0 bridgehead atoms. The van der Waals surface area contributed by atoms with Gasteiger partial charge in [0.05, 0.1) is 18.4 Å². The van der Waals surface area contributed by atoms with Crippen molar-refractivity contribution in [2.45, 2.75) is 6.54 Å². The smallest absolute Gasteiger partial charge is 0.340 e. The largest absolute Gasteiger partial charge is 0.465 e. The van der Waals surface area contributed by atoms with Gasteiger partial charge in [-0.25, -0.2) is 23.5 Å². The quantitative estimate of drug-likeness (QED) is 0.869. The van der Waals surface area contributed by atoms with E-state index in [0.717, 1.165) is 18.7 Å². The summed E-state index contributed by atoms with van der Waals surface area (Å²) in [6.07, 6.45) is 4.49. The van der Waals surface area contributed by atoms with Crippen molar-refractivity contribution in [1.82, 2.24) is 9.97 Å². The lowest BCUT2D eigenvalue weighted by molar-refractivity contribution is 0.0595. The average molecular weight is 279 g/mol. The summed E-state index contributed by atoms with van der Waals surface area (Å²) in [6, 6.07) is 1.70. The minimum Gasteiger partial charge on any atom is -0.465 e. The van der Waals surface area contributed by atoms with Gasteiger partial charge in [0.1, 0.15) is 18.0 Å². The SMILES string of the molecule is COC(=O)c1cc(NCc2cncnc2)c(F)cc1F. The highest BCUT2D eigenvalue weighted by Crippen LogP contribution is 2.20. The molecule has 1 N–H and O–H groups in total. The molecule has 0 radical (unpaired) electrons. The van der Waals surface area contributed by atoms with Gasteiger partial charge in [-0.3, -0.25) is 0 Å². The van der Waals surface area contributed by atoms with Crippen LogP contribution in [0.15, 0.2) is 30.9 Å². The van der Waals surface area contributed by atoms with Gasteiger partial charge in [-0.1, -0.05) is 0 Å². The van der Waals surface area contributed by atoms with E-state index in [2.05, 4.69) is 20.0 Å². The van der Waals surface area contributed by atoms with E-state index in [0.29, 0.717) is 6.07 Å². The van der Waals surface area contributed by atoms with Crippen molar-refractivity contribution in [3.05, 3.63) is 53.6 Å². The van der Waals surface area contributed by atoms with Crippen molar-refractivity contribution in [3.8, 4) is 0 Å². The van der Waals surface area contributed by atoms with Gasteiger partial charge in [-0.2, -0.15) is 0 Å². The van der Waals surface area contributed by atoms with E-state index in [-0.39, 0.29) is 17.8 Å². The van der Waals surface area contributed by atoms with Crippen LogP contribution in [0.1, 0.15) is 15.9 Å². The van der Waals surface area contributed by atoms with Crippen molar-refractivity contribution in [2.24, 2.45) is 0 Å². The van der Waals surface area contributed by atoms with Gasteiger partial charge >= 0.3 is 5.97 Å². The first-order valence-electron chi connectivity index (χ1n) is 5.67. The van der Waals surface area contributed by atoms with E-state index < -0.39 is 17.6 Å². The number of carbonyl (C=O) groups is 1. The standard InChI is InChI=1S/C13H11F2N3O2/c1-20-13(19)9-2-12(11(15)3-10(9)14)18-6-8-4-16-7-17-5-8/h2-5,7,18H,6H2,1H3. The minimum absolute atomic E-state index is 0.00402. The summed E-state index contributed by atoms with van der Waals surface area (Å²) < 4.78 is 31.5. The zero-order chi connectivity index (χ0) is 14.5. The Kier molecular flexibility index (Phi) is 4.19. The van der Waals surface area contributed by atoms with Crippen molar-refractivity contribution in [3.63, 3.8) is 0 Å². The zero-order valence-electron chi connectivity index (χ0n) is 10.6. The molecule has 1 aromatic carbocycles. The van der Waals surface area contributed by atoms with E-state index in [1.165, 1.54) is 6.33 Å². The molecule has 104 valence electrons. The Balaban J connectivity index is 2.21. The molecule has 7 heteroatoms. The molecule has 0 amide bonds. The Morgan fingerprint density at radius 2 is 1.95 bits per heavy atom. The van der Waals surface area contributed by atoms with E-state index in [1.807, 2.05) is 0 Å². The highest BCUT2D eigenvalue weighted by Gasteiger charge is 2.16. The normalized spacial score (nSPS) is 10.2. The van der Waals surface area contributed by atoms with Crippen LogP contribution in [0.25, 0.3) is 0 Å². The predicted octanol–water partition coefficient (Wildman–Crippen LogP) is 2.15. The summed E-state index contributed by atoms with van der Waals surface area (Å²) in [5, 5.41) is 2.75. The average Bonchev–Trinajstić information content (AvgIpc) is 2.46.